The summed E-state index contributed by atoms with van der Waals surface area (Å²) in [6.45, 7) is 14.0. The molecule has 0 spiro atoms. The zero-order valence-corrected chi connectivity index (χ0v) is 14.5. The molecule has 0 aliphatic carbocycles. The van der Waals surface area contributed by atoms with Crippen molar-refractivity contribution in [2.45, 2.75) is 39.3 Å². The molecule has 4 nitrogen and oxygen atoms in total. The van der Waals surface area contributed by atoms with Gasteiger partial charge in [0.15, 0.2) is 0 Å². The van der Waals surface area contributed by atoms with Gasteiger partial charge in [0.2, 0.25) is 0 Å². The van der Waals surface area contributed by atoms with Crippen molar-refractivity contribution in [3.05, 3.63) is 0 Å². The topological polar surface area (TPSA) is 48.1 Å². The van der Waals surface area contributed by atoms with Crippen LogP contribution in [-0.4, -0.2) is 39.3 Å². The molecule has 15 heavy (non-hydrogen) atoms. The van der Waals surface area contributed by atoms with Crippen molar-refractivity contribution in [2.24, 2.45) is 0 Å². The molecule has 0 aliphatic heterocycles. The predicted octanol–water partition coefficient (Wildman–Crippen LogP) is 0.710. The molecule has 92 valence electrons. The van der Waals surface area contributed by atoms with E-state index in [1.165, 1.54) is 0 Å². The summed E-state index contributed by atoms with van der Waals surface area (Å²) in [5, 5.41) is 0. The van der Waals surface area contributed by atoms with Crippen molar-refractivity contribution >= 4 is 25.2 Å². The third kappa shape index (κ3) is 6.61. The van der Waals surface area contributed by atoms with E-state index < -0.39 is 25.2 Å². The Morgan fingerprint density at radius 3 is 1.00 bits per heavy atom. The molecule has 0 bridgehead atoms. The van der Waals surface area contributed by atoms with E-state index in [0.717, 1.165) is 0 Å². The first-order valence-electron chi connectivity index (χ1n) is 5.50. The molecule has 0 amide bonds. The Balaban J connectivity index is 4.74. The van der Waals surface area contributed by atoms with E-state index in [1.807, 2.05) is 14.1 Å². The lowest BCUT2D eigenvalue weighted by atomic mass is 11.6. The second-order valence-corrected chi connectivity index (χ2v) is 19.5. The smallest absolute Gasteiger partial charge is 0.323 e. The average Bonchev–Trinajstić information content (AvgIpc) is 1.98. The molecular weight excluding hydrogens is 236 g/mol. The molecule has 0 atom stereocenters. The Hall–Kier alpha value is 0.491. The van der Waals surface area contributed by atoms with Crippen molar-refractivity contribution in [2.75, 3.05) is 14.1 Å². The minimum Gasteiger partial charge on any atom is -0.323 e. The first-order chi connectivity index (χ1) is 6.54. The van der Waals surface area contributed by atoms with Gasteiger partial charge >= 0.3 is 8.72 Å². The van der Waals surface area contributed by atoms with Crippen molar-refractivity contribution in [1.82, 2.24) is 19.3 Å². The van der Waals surface area contributed by atoms with Gasteiger partial charge < -0.3 is 19.3 Å². The molecule has 0 saturated heterocycles. The van der Waals surface area contributed by atoms with Gasteiger partial charge in [-0.3, -0.25) is 0 Å². The Labute approximate surface area is 98.1 Å². The fourth-order valence-corrected chi connectivity index (χ4v) is 13.6. The van der Waals surface area contributed by atoms with Gasteiger partial charge in [0.05, 0.1) is 0 Å². The predicted molar refractivity (Wildman–Crippen MR) is 76.8 cm³/mol. The van der Waals surface area contributed by atoms with Gasteiger partial charge in [-0.2, -0.15) is 0 Å². The molecule has 0 aromatic carbocycles. The molecule has 7 heteroatoms. The molecule has 0 aromatic heterocycles. The van der Waals surface area contributed by atoms with Gasteiger partial charge in [-0.1, -0.05) is 39.3 Å². The summed E-state index contributed by atoms with van der Waals surface area (Å²) in [5.41, 5.74) is 0. The molecule has 0 rings (SSSR count). The van der Waals surface area contributed by atoms with Gasteiger partial charge in [-0.05, 0) is 14.1 Å². The number of rotatable bonds is 6. The summed E-state index contributed by atoms with van der Waals surface area (Å²) in [6, 6.07) is 0. The second kappa shape index (κ2) is 5.21. The van der Waals surface area contributed by atoms with Crippen LogP contribution >= 0.6 is 0 Å². The van der Waals surface area contributed by atoms with Gasteiger partial charge in [0, 0.05) is 0 Å². The Morgan fingerprint density at radius 1 is 0.600 bits per heavy atom. The van der Waals surface area contributed by atoms with E-state index in [9.17, 15) is 0 Å². The minimum absolute atomic E-state index is 1.29. The van der Waals surface area contributed by atoms with Gasteiger partial charge in [0.1, 0.15) is 16.5 Å². The van der Waals surface area contributed by atoms with Crippen LogP contribution in [0.1, 0.15) is 0 Å². The highest BCUT2D eigenvalue weighted by molar-refractivity contribution is 6.95. The lowest BCUT2D eigenvalue weighted by Gasteiger charge is -2.40. The van der Waals surface area contributed by atoms with E-state index in [-0.39, 0.29) is 0 Å². The summed E-state index contributed by atoms with van der Waals surface area (Å²) >= 11 is 0. The SMILES string of the molecule is CN[Si](NC)(N[Si](C)(C)C)N[Si](C)(C)C. The van der Waals surface area contributed by atoms with Gasteiger partial charge in [0.25, 0.3) is 0 Å². The highest BCUT2D eigenvalue weighted by Crippen LogP contribution is 2.02. The lowest BCUT2D eigenvalue weighted by molar-refractivity contribution is 0.907. The maximum Gasteiger partial charge on any atom is 0.352 e. The summed E-state index contributed by atoms with van der Waals surface area (Å²) in [7, 11) is -0.405. The Bertz CT molecular complexity index is 175. The van der Waals surface area contributed by atoms with E-state index in [1.54, 1.807) is 0 Å². The van der Waals surface area contributed by atoms with Crippen LogP contribution in [-0.2, 0) is 0 Å². The molecule has 0 fully saturated rings. The summed E-state index contributed by atoms with van der Waals surface area (Å²) in [5.74, 6) is 0. The van der Waals surface area contributed by atoms with E-state index >= 15 is 0 Å². The third-order valence-corrected chi connectivity index (χ3v) is 12.4. The van der Waals surface area contributed by atoms with Crippen LogP contribution in [0.15, 0.2) is 0 Å². The van der Waals surface area contributed by atoms with Crippen molar-refractivity contribution in [3.8, 4) is 0 Å². The fourth-order valence-electron chi connectivity index (χ4n) is 1.53. The van der Waals surface area contributed by atoms with Crippen LogP contribution in [0.5, 0.6) is 0 Å². The summed E-state index contributed by atoms with van der Waals surface area (Å²) < 4.78 is 7.61. The van der Waals surface area contributed by atoms with Gasteiger partial charge in [-0.25, -0.2) is 0 Å². The van der Waals surface area contributed by atoms with Crippen LogP contribution in [0.3, 0.4) is 0 Å². The quantitative estimate of drug-likeness (QED) is 0.534. The van der Waals surface area contributed by atoms with Crippen LogP contribution in [0, 0.1) is 0 Å². The third-order valence-electron chi connectivity index (χ3n) is 1.88. The maximum absolute atomic E-state index is 3.80. The van der Waals surface area contributed by atoms with E-state index in [0.29, 0.717) is 0 Å². The van der Waals surface area contributed by atoms with E-state index in [4.69, 9.17) is 0 Å². The molecular formula is C8H28N4Si3. The zero-order valence-electron chi connectivity index (χ0n) is 11.5. The van der Waals surface area contributed by atoms with Crippen LogP contribution in [0.2, 0.25) is 39.3 Å². The number of hydrogen-bond donors (Lipinski definition) is 4. The highest BCUT2D eigenvalue weighted by atomic mass is 28.5. The Morgan fingerprint density at radius 2 is 0.867 bits per heavy atom. The second-order valence-electron chi connectivity index (χ2n) is 6.00. The average molecular weight is 265 g/mol. The lowest BCUT2D eigenvalue weighted by Crippen LogP contribution is -2.86. The summed E-state index contributed by atoms with van der Waals surface area (Å²) in [6.07, 6.45) is 0. The molecule has 0 radical (unpaired) electrons. The molecule has 0 saturated carbocycles. The highest BCUT2D eigenvalue weighted by Gasteiger charge is 2.39. The molecule has 0 aromatic rings. The van der Waals surface area contributed by atoms with Crippen molar-refractivity contribution in [3.63, 3.8) is 0 Å². The standard InChI is InChI=1S/C8H28N4Si3/c1-9-15(10-2,11-13(3,4)5)12-14(6,7)8/h9-12H,1-8H3. The van der Waals surface area contributed by atoms with Crippen LogP contribution < -0.4 is 19.3 Å². The van der Waals surface area contributed by atoms with Crippen LogP contribution in [0.25, 0.3) is 0 Å². The first-order valence-corrected chi connectivity index (χ1v) is 14.5. The Kier molecular flexibility index (Phi) is 5.38. The monoisotopic (exact) mass is 264 g/mol. The number of nitrogens with one attached hydrogen (secondary N) is 4. The minimum atomic E-state index is -1.89. The molecule has 0 unspecified atom stereocenters. The summed E-state index contributed by atoms with van der Waals surface area (Å²) in [4.78, 5) is 6.91. The normalized spacial score (nSPS) is 14.4. The fraction of sp³-hybridized carbons (Fsp3) is 1.00. The van der Waals surface area contributed by atoms with Crippen molar-refractivity contribution < 1.29 is 0 Å². The van der Waals surface area contributed by atoms with Crippen molar-refractivity contribution in [1.29, 1.82) is 0 Å². The van der Waals surface area contributed by atoms with Gasteiger partial charge in [-0.15, -0.1) is 0 Å². The molecule has 4 N–H and O–H groups in total. The first kappa shape index (κ1) is 15.5. The molecule has 0 heterocycles. The largest absolute Gasteiger partial charge is 0.352 e. The van der Waals surface area contributed by atoms with E-state index in [2.05, 4.69) is 58.5 Å². The zero-order chi connectivity index (χ0) is 12.3. The maximum atomic E-state index is 3.80. The molecule has 0 aliphatic rings. The van der Waals surface area contributed by atoms with Crippen LogP contribution in [0.4, 0.5) is 0 Å². The number of hydrogen-bond acceptors (Lipinski definition) is 4.